The molecule has 2 saturated heterocycles. The van der Waals surface area contributed by atoms with Gasteiger partial charge >= 0.3 is 0 Å². The van der Waals surface area contributed by atoms with Gasteiger partial charge in [-0.3, -0.25) is 14.5 Å². The lowest BCUT2D eigenvalue weighted by molar-refractivity contribution is -0.156. The van der Waals surface area contributed by atoms with Crippen LogP contribution in [0.3, 0.4) is 0 Å². The molecule has 3 atom stereocenters. The topological polar surface area (TPSA) is 102 Å². The first-order valence-electron chi connectivity index (χ1n) is 9.15. The van der Waals surface area contributed by atoms with Crippen LogP contribution in [0, 0.1) is 0 Å². The van der Waals surface area contributed by atoms with Crippen LogP contribution in [-0.2, 0) is 29.1 Å². The summed E-state index contributed by atoms with van der Waals surface area (Å²) in [5, 5.41) is 0. The van der Waals surface area contributed by atoms with Crippen LogP contribution in [0.5, 0.6) is 0 Å². The van der Waals surface area contributed by atoms with Crippen LogP contribution in [0.1, 0.15) is 32.1 Å². The zero-order valence-corrected chi connectivity index (χ0v) is 15.6. The Morgan fingerprint density at radius 3 is 2.22 bits per heavy atom. The van der Waals surface area contributed by atoms with Crippen molar-refractivity contribution < 1.29 is 27.5 Å². The first-order valence-corrected chi connectivity index (χ1v) is 10.6. The quantitative estimate of drug-likeness (QED) is 0.763. The summed E-state index contributed by atoms with van der Waals surface area (Å²) < 4.78 is 39.5. The van der Waals surface area contributed by atoms with Crippen LogP contribution >= 0.6 is 0 Å². The van der Waals surface area contributed by atoms with E-state index in [1.807, 2.05) is 0 Å². The maximum atomic E-state index is 12.7. The highest BCUT2D eigenvalue weighted by molar-refractivity contribution is 7.89. The Hall–Kier alpha value is -1.81. The van der Waals surface area contributed by atoms with E-state index < -0.39 is 10.0 Å². The molecule has 1 saturated carbocycles. The number of benzene rings is 1. The second-order valence-electron chi connectivity index (χ2n) is 7.07. The summed E-state index contributed by atoms with van der Waals surface area (Å²) in [6.45, 7) is 1.13. The van der Waals surface area contributed by atoms with Gasteiger partial charge in [0.2, 0.25) is 21.8 Å². The monoisotopic (exact) mass is 394 g/mol. The van der Waals surface area contributed by atoms with E-state index in [4.69, 9.17) is 9.47 Å². The average molecular weight is 394 g/mol. The molecule has 146 valence electrons. The van der Waals surface area contributed by atoms with E-state index >= 15 is 0 Å². The highest BCUT2D eigenvalue weighted by Crippen LogP contribution is 2.28. The summed E-state index contributed by atoms with van der Waals surface area (Å²) >= 11 is 0. The molecule has 2 heterocycles. The lowest BCUT2D eigenvalue weighted by Crippen LogP contribution is -2.49. The second kappa shape index (κ2) is 7.31. The van der Waals surface area contributed by atoms with Crippen LogP contribution < -0.4 is 9.62 Å². The molecular formula is C18H22N2O6S. The van der Waals surface area contributed by atoms with Gasteiger partial charge in [-0.1, -0.05) is 0 Å². The molecule has 8 nitrogen and oxygen atoms in total. The van der Waals surface area contributed by atoms with Crippen LogP contribution in [0.25, 0.3) is 0 Å². The molecule has 2 aliphatic heterocycles. The molecule has 0 bridgehead atoms. The van der Waals surface area contributed by atoms with Crippen molar-refractivity contribution in [3.8, 4) is 0 Å². The van der Waals surface area contributed by atoms with E-state index in [-0.39, 0.29) is 47.8 Å². The van der Waals surface area contributed by atoms with E-state index in [0.717, 1.165) is 11.3 Å². The predicted molar refractivity (Wildman–Crippen MR) is 95.6 cm³/mol. The molecule has 27 heavy (non-hydrogen) atoms. The van der Waals surface area contributed by atoms with Gasteiger partial charge < -0.3 is 9.47 Å². The van der Waals surface area contributed by atoms with Crippen LogP contribution in [0.4, 0.5) is 5.69 Å². The van der Waals surface area contributed by atoms with E-state index in [0.29, 0.717) is 31.7 Å². The summed E-state index contributed by atoms with van der Waals surface area (Å²) in [5.41, 5.74) is 0.398. The number of ether oxygens (including phenoxy) is 2. The number of rotatable bonds is 4. The van der Waals surface area contributed by atoms with Crippen molar-refractivity contribution >= 4 is 27.5 Å². The zero-order valence-electron chi connectivity index (χ0n) is 14.8. The van der Waals surface area contributed by atoms with Crippen molar-refractivity contribution in [2.75, 3.05) is 18.1 Å². The summed E-state index contributed by atoms with van der Waals surface area (Å²) in [7, 11) is -3.70. The second-order valence-corrected chi connectivity index (χ2v) is 8.78. The van der Waals surface area contributed by atoms with E-state index in [2.05, 4.69) is 4.72 Å². The normalized spacial score (nSPS) is 29.0. The molecule has 0 spiro atoms. The minimum absolute atomic E-state index is 0.0503. The number of nitrogens with one attached hydrogen (secondary N) is 1. The number of imide groups is 1. The molecule has 4 rings (SSSR count). The standard InChI is InChI=1S/C18H22N2O6S/c21-17-7-8-18(22)20(17)13-2-4-14(5-3-13)27(23,24)19-12-1-6-15-16(11-12)26-10-9-25-15/h2-5,12,15-16,19H,1,6-11H2/t12-,15-,16-/m1/s1. The summed E-state index contributed by atoms with van der Waals surface area (Å²) in [5.74, 6) is -0.527. The maximum absolute atomic E-state index is 12.7. The third-order valence-electron chi connectivity index (χ3n) is 5.26. The number of fused-ring (bicyclic) bond motifs is 1. The fourth-order valence-corrected chi connectivity index (χ4v) is 5.18. The number of anilines is 1. The number of nitrogens with zero attached hydrogens (tertiary/aromatic N) is 1. The van der Waals surface area contributed by atoms with Gasteiger partial charge in [0, 0.05) is 18.9 Å². The predicted octanol–water partition coefficient (Wildman–Crippen LogP) is 0.955. The van der Waals surface area contributed by atoms with Crippen molar-refractivity contribution in [2.24, 2.45) is 0 Å². The lowest BCUT2D eigenvalue weighted by atomic mass is 9.90. The average Bonchev–Trinajstić information content (AvgIpc) is 3.00. The Bertz CT molecular complexity index is 822. The summed E-state index contributed by atoms with van der Waals surface area (Å²) in [4.78, 5) is 24.8. The van der Waals surface area contributed by atoms with Gasteiger partial charge in [0.15, 0.2) is 0 Å². The lowest BCUT2D eigenvalue weighted by Gasteiger charge is -2.38. The minimum atomic E-state index is -3.70. The number of sulfonamides is 1. The SMILES string of the molecule is O=C1CCC(=O)N1c1ccc(S(=O)(=O)N[C@@H]2CC[C@H]3OCCO[C@@H]3C2)cc1. The minimum Gasteiger partial charge on any atom is -0.373 e. The molecule has 0 aromatic heterocycles. The van der Waals surface area contributed by atoms with Gasteiger partial charge in [-0.15, -0.1) is 0 Å². The van der Waals surface area contributed by atoms with Crippen LogP contribution in [0.2, 0.25) is 0 Å². The van der Waals surface area contributed by atoms with Crippen molar-refractivity contribution in [3.63, 3.8) is 0 Å². The van der Waals surface area contributed by atoms with Gasteiger partial charge in [-0.2, -0.15) is 0 Å². The highest BCUT2D eigenvalue weighted by Gasteiger charge is 2.36. The maximum Gasteiger partial charge on any atom is 0.240 e. The van der Waals surface area contributed by atoms with Crippen molar-refractivity contribution in [1.82, 2.24) is 4.72 Å². The number of amides is 2. The Labute approximate surface area is 157 Å². The molecule has 0 unspecified atom stereocenters. The van der Waals surface area contributed by atoms with Gasteiger partial charge in [0.1, 0.15) is 0 Å². The van der Waals surface area contributed by atoms with E-state index in [1.54, 1.807) is 0 Å². The van der Waals surface area contributed by atoms with E-state index in [1.165, 1.54) is 24.3 Å². The summed E-state index contributed by atoms with van der Waals surface area (Å²) in [6, 6.07) is 5.61. The molecule has 3 aliphatic rings. The number of carbonyl (C=O) groups is 2. The third-order valence-corrected chi connectivity index (χ3v) is 6.79. The first-order chi connectivity index (χ1) is 12.9. The first kappa shape index (κ1) is 18.5. The molecule has 1 N–H and O–H groups in total. The van der Waals surface area contributed by atoms with Gasteiger partial charge in [-0.25, -0.2) is 13.1 Å². The molecule has 3 fully saturated rings. The van der Waals surface area contributed by atoms with Gasteiger partial charge in [-0.05, 0) is 43.5 Å². The van der Waals surface area contributed by atoms with Gasteiger partial charge in [0.05, 0.1) is 36.0 Å². The molecule has 9 heteroatoms. The molecule has 1 aromatic rings. The third kappa shape index (κ3) is 3.77. The summed E-state index contributed by atoms with van der Waals surface area (Å²) in [6.07, 6.45) is 2.39. The molecule has 1 aliphatic carbocycles. The van der Waals surface area contributed by atoms with E-state index in [9.17, 15) is 18.0 Å². The Morgan fingerprint density at radius 2 is 1.56 bits per heavy atom. The van der Waals surface area contributed by atoms with Gasteiger partial charge in [0.25, 0.3) is 0 Å². The fraction of sp³-hybridized carbons (Fsp3) is 0.556. The fourth-order valence-electron chi connectivity index (χ4n) is 3.90. The highest BCUT2D eigenvalue weighted by atomic mass is 32.2. The van der Waals surface area contributed by atoms with Crippen molar-refractivity contribution in [1.29, 1.82) is 0 Å². The molecular weight excluding hydrogens is 372 g/mol. The molecule has 2 amide bonds. The smallest absolute Gasteiger partial charge is 0.240 e. The largest absolute Gasteiger partial charge is 0.373 e. The Balaban J connectivity index is 1.44. The number of hydrogen-bond donors (Lipinski definition) is 1. The Morgan fingerprint density at radius 1 is 0.926 bits per heavy atom. The van der Waals surface area contributed by atoms with Crippen LogP contribution in [0.15, 0.2) is 29.2 Å². The van der Waals surface area contributed by atoms with Crippen molar-refractivity contribution in [2.45, 2.75) is 55.2 Å². The number of hydrogen-bond acceptors (Lipinski definition) is 6. The molecule has 0 radical (unpaired) electrons. The Kier molecular flexibility index (Phi) is 5.02. The number of carbonyl (C=O) groups excluding carboxylic acids is 2. The van der Waals surface area contributed by atoms with Crippen molar-refractivity contribution in [3.05, 3.63) is 24.3 Å². The molecule has 1 aromatic carbocycles. The zero-order chi connectivity index (χ0) is 19.0. The van der Waals surface area contributed by atoms with Crippen LogP contribution in [-0.4, -0.2) is 51.7 Å².